The van der Waals surface area contributed by atoms with Crippen molar-refractivity contribution in [3.05, 3.63) is 102 Å². The van der Waals surface area contributed by atoms with Gasteiger partial charge in [0.15, 0.2) is 0 Å². The molecule has 0 aliphatic rings. The second kappa shape index (κ2) is 8.63. The first kappa shape index (κ1) is 23.0. The molecule has 0 spiro atoms. The molecule has 168 valence electrons. The average Bonchev–Trinajstić information content (AvgIpc) is 2.78. The smallest absolute Gasteiger partial charge is 0.0731 e. The second-order valence-electron chi connectivity index (χ2n) is 11.1. The van der Waals surface area contributed by atoms with E-state index >= 15 is 0 Å². The predicted molar refractivity (Wildman–Crippen MR) is 143 cm³/mol. The molecule has 0 atom stereocenters. The Bertz CT molecular complexity index is 1170. The maximum atomic E-state index is 4.71. The Morgan fingerprint density at radius 3 is 1.33 bits per heavy atom. The summed E-state index contributed by atoms with van der Waals surface area (Å²) in [6.45, 7) is 15.7. The molecule has 0 N–H and O–H groups in total. The van der Waals surface area contributed by atoms with Crippen LogP contribution >= 0.6 is 0 Å². The van der Waals surface area contributed by atoms with Crippen molar-refractivity contribution < 1.29 is 0 Å². The molecule has 0 saturated heterocycles. The number of aryl methyl sites for hydroxylation is 1. The molecule has 0 saturated carbocycles. The topological polar surface area (TPSA) is 12.9 Å². The summed E-state index contributed by atoms with van der Waals surface area (Å²) in [5.41, 5.74) is 11.3. The molecule has 0 aliphatic carbocycles. The van der Waals surface area contributed by atoms with Gasteiger partial charge in [0.2, 0.25) is 0 Å². The van der Waals surface area contributed by atoms with Crippen molar-refractivity contribution in [3.8, 4) is 33.5 Å². The van der Waals surface area contributed by atoms with Gasteiger partial charge in [0, 0.05) is 11.8 Å². The molecular formula is C32H35N. The van der Waals surface area contributed by atoms with Crippen LogP contribution in [0.1, 0.15) is 58.2 Å². The molecule has 3 aromatic carbocycles. The van der Waals surface area contributed by atoms with Crippen molar-refractivity contribution >= 4 is 0 Å². The summed E-state index contributed by atoms with van der Waals surface area (Å²) < 4.78 is 0. The standard InChI is InChI=1S/C32H35N/c1-22-9-8-18-33-30(22)27-20-25(23-10-14-28(15-11-23)31(2,3)4)19-26(21-27)24-12-16-29(17-13-24)32(5,6)7/h8-21H,1-7H3. The van der Waals surface area contributed by atoms with Gasteiger partial charge in [0.05, 0.1) is 5.69 Å². The van der Waals surface area contributed by atoms with Gasteiger partial charge >= 0.3 is 0 Å². The molecule has 0 radical (unpaired) electrons. The highest BCUT2D eigenvalue weighted by atomic mass is 14.7. The summed E-state index contributed by atoms with van der Waals surface area (Å²) in [6, 6.07) is 29.0. The van der Waals surface area contributed by atoms with Gasteiger partial charge in [-0.05, 0) is 81.0 Å². The van der Waals surface area contributed by atoms with E-state index in [-0.39, 0.29) is 10.8 Å². The molecule has 0 bridgehead atoms. The molecule has 0 unspecified atom stereocenters. The van der Waals surface area contributed by atoms with Gasteiger partial charge < -0.3 is 0 Å². The highest BCUT2D eigenvalue weighted by molar-refractivity contribution is 5.81. The normalized spacial score (nSPS) is 12.1. The fourth-order valence-corrected chi connectivity index (χ4v) is 4.21. The fourth-order valence-electron chi connectivity index (χ4n) is 4.21. The van der Waals surface area contributed by atoms with Gasteiger partial charge in [-0.25, -0.2) is 0 Å². The number of benzene rings is 3. The van der Waals surface area contributed by atoms with Crippen LogP contribution in [0, 0.1) is 6.92 Å². The summed E-state index contributed by atoms with van der Waals surface area (Å²) in [7, 11) is 0. The number of hydrogen-bond acceptors (Lipinski definition) is 1. The monoisotopic (exact) mass is 433 g/mol. The van der Waals surface area contributed by atoms with Gasteiger partial charge in [-0.1, -0.05) is 96.1 Å². The Kier molecular flexibility index (Phi) is 6.01. The minimum Gasteiger partial charge on any atom is -0.256 e. The number of pyridine rings is 1. The number of nitrogens with zero attached hydrogens (tertiary/aromatic N) is 1. The van der Waals surface area contributed by atoms with Gasteiger partial charge in [-0.3, -0.25) is 4.98 Å². The van der Waals surface area contributed by atoms with Crippen molar-refractivity contribution in [2.45, 2.75) is 59.3 Å². The summed E-state index contributed by atoms with van der Waals surface area (Å²) in [5.74, 6) is 0. The zero-order chi connectivity index (χ0) is 23.8. The second-order valence-corrected chi connectivity index (χ2v) is 11.1. The van der Waals surface area contributed by atoms with E-state index in [9.17, 15) is 0 Å². The zero-order valence-corrected chi connectivity index (χ0v) is 21.0. The molecule has 1 aromatic heterocycles. The van der Waals surface area contributed by atoms with Crippen LogP contribution in [0.15, 0.2) is 85.1 Å². The van der Waals surface area contributed by atoms with Crippen molar-refractivity contribution in [3.63, 3.8) is 0 Å². The van der Waals surface area contributed by atoms with Crippen LogP contribution in [0.5, 0.6) is 0 Å². The highest BCUT2D eigenvalue weighted by Gasteiger charge is 2.16. The van der Waals surface area contributed by atoms with E-state index in [2.05, 4.69) is 121 Å². The van der Waals surface area contributed by atoms with E-state index < -0.39 is 0 Å². The Morgan fingerprint density at radius 1 is 0.515 bits per heavy atom. The lowest BCUT2D eigenvalue weighted by atomic mass is 9.85. The van der Waals surface area contributed by atoms with Crippen LogP contribution in [-0.2, 0) is 10.8 Å². The molecule has 33 heavy (non-hydrogen) atoms. The maximum Gasteiger partial charge on any atom is 0.0731 e. The van der Waals surface area contributed by atoms with Crippen molar-refractivity contribution in [2.24, 2.45) is 0 Å². The quantitative estimate of drug-likeness (QED) is 0.314. The zero-order valence-electron chi connectivity index (χ0n) is 21.0. The van der Waals surface area contributed by atoms with Crippen LogP contribution < -0.4 is 0 Å². The van der Waals surface area contributed by atoms with Gasteiger partial charge in [0.1, 0.15) is 0 Å². The van der Waals surface area contributed by atoms with Crippen molar-refractivity contribution in [2.75, 3.05) is 0 Å². The van der Waals surface area contributed by atoms with E-state index in [1.807, 2.05) is 12.3 Å². The molecule has 0 amide bonds. The molecule has 4 aromatic rings. The van der Waals surface area contributed by atoms with Crippen LogP contribution in [-0.4, -0.2) is 4.98 Å². The van der Waals surface area contributed by atoms with Crippen molar-refractivity contribution in [1.29, 1.82) is 0 Å². The van der Waals surface area contributed by atoms with Crippen LogP contribution in [0.2, 0.25) is 0 Å². The summed E-state index contributed by atoms with van der Waals surface area (Å²) in [6.07, 6.45) is 1.88. The minimum absolute atomic E-state index is 0.144. The lowest BCUT2D eigenvalue weighted by Crippen LogP contribution is -2.10. The lowest BCUT2D eigenvalue weighted by Gasteiger charge is -2.20. The number of aromatic nitrogens is 1. The maximum absolute atomic E-state index is 4.71. The minimum atomic E-state index is 0.144. The molecule has 1 heterocycles. The molecule has 1 nitrogen and oxygen atoms in total. The van der Waals surface area contributed by atoms with Crippen LogP contribution in [0.25, 0.3) is 33.5 Å². The van der Waals surface area contributed by atoms with Gasteiger partial charge in [-0.15, -0.1) is 0 Å². The van der Waals surface area contributed by atoms with E-state index in [1.165, 1.54) is 38.9 Å². The third-order valence-electron chi connectivity index (χ3n) is 6.38. The Labute approximate surface area is 199 Å². The fraction of sp³-hybridized carbons (Fsp3) is 0.281. The number of hydrogen-bond donors (Lipinski definition) is 0. The SMILES string of the molecule is Cc1cccnc1-c1cc(-c2ccc(C(C)(C)C)cc2)cc(-c2ccc(C(C)(C)C)cc2)c1. The first-order valence-corrected chi connectivity index (χ1v) is 11.8. The Morgan fingerprint density at radius 2 is 0.939 bits per heavy atom. The van der Waals surface area contributed by atoms with Crippen LogP contribution in [0.4, 0.5) is 0 Å². The molecule has 4 rings (SSSR count). The molecule has 0 aliphatic heterocycles. The van der Waals surface area contributed by atoms with Gasteiger partial charge in [0.25, 0.3) is 0 Å². The molecular weight excluding hydrogens is 398 g/mol. The lowest BCUT2D eigenvalue weighted by molar-refractivity contribution is 0.590. The Hall–Kier alpha value is -3.19. The predicted octanol–water partition coefficient (Wildman–Crippen LogP) is 8.99. The van der Waals surface area contributed by atoms with Crippen LogP contribution in [0.3, 0.4) is 0 Å². The third kappa shape index (κ3) is 5.09. The summed E-state index contributed by atoms with van der Waals surface area (Å²) in [5, 5.41) is 0. The first-order chi connectivity index (χ1) is 15.5. The summed E-state index contributed by atoms with van der Waals surface area (Å²) >= 11 is 0. The largest absolute Gasteiger partial charge is 0.256 e. The van der Waals surface area contributed by atoms with Crippen molar-refractivity contribution in [1.82, 2.24) is 4.98 Å². The van der Waals surface area contributed by atoms with E-state index in [0.29, 0.717) is 0 Å². The van der Waals surface area contributed by atoms with E-state index in [0.717, 1.165) is 11.3 Å². The summed E-state index contributed by atoms with van der Waals surface area (Å²) in [4.78, 5) is 4.71. The molecule has 0 fully saturated rings. The third-order valence-corrected chi connectivity index (χ3v) is 6.38. The van der Waals surface area contributed by atoms with E-state index in [4.69, 9.17) is 4.98 Å². The molecule has 1 heteroatoms. The average molecular weight is 434 g/mol. The number of rotatable bonds is 3. The first-order valence-electron chi connectivity index (χ1n) is 11.8. The van der Waals surface area contributed by atoms with E-state index in [1.54, 1.807) is 0 Å². The Balaban J connectivity index is 1.85. The van der Waals surface area contributed by atoms with Gasteiger partial charge in [-0.2, -0.15) is 0 Å². The highest BCUT2D eigenvalue weighted by Crippen LogP contribution is 2.35.